The van der Waals surface area contributed by atoms with E-state index < -0.39 is 17.9 Å². The standard InChI is InChI=1S/C24H18O6/c1-2-15-28-22(25)17-13-14-20(23(26)29-18-9-5-3-6-10-18)21(16-17)24(27)30-19-11-7-4-8-12-19/h2-14,16H,1,15H2. The van der Waals surface area contributed by atoms with E-state index in [1.54, 1.807) is 60.7 Å². The Balaban J connectivity index is 1.93. The molecule has 0 aliphatic rings. The van der Waals surface area contributed by atoms with Crippen molar-refractivity contribution in [1.29, 1.82) is 0 Å². The summed E-state index contributed by atoms with van der Waals surface area (Å²) in [5.74, 6) is -1.61. The first-order chi connectivity index (χ1) is 14.6. The molecule has 0 atom stereocenters. The van der Waals surface area contributed by atoms with Gasteiger partial charge in [-0.15, -0.1) is 0 Å². The van der Waals surface area contributed by atoms with Gasteiger partial charge in [-0.1, -0.05) is 49.1 Å². The van der Waals surface area contributed by atoms with Gasteiger partial charge in [0, 0.05) is 0 Å². The van der Waals surface area contributed by atoms with Crippen LogP contribution in [0, 0.1) is 0 Å². The van der Waals surface area contributed by atoms with Crippen molar-refractivity contribution in [3.8, 4) is 11.5 Å². The fourth-order valence-corrected chi connectivity index (χ4v) is 2.54. The maximum atomic E-state index is 12.8. The van der Waals surface area contributed by atoms with Crippen LogP contribution in [0.25, 0.3) is 0 Å². The van der Waals surface area contributed by atoms with Crippen LogP contribution in [0.3, 0.4) is 0 Å². The summed E-state index contributed by atoms with van der Waals surface area (Å²) in [6.07, 6.45) is 1.42. The van der Waals surface area contributed by atoms with Gasteiger partial charge in [0.05, 0.1) is 16.7 Å². The maximum Gasteiger partial charge on any atom is 0.344 e. The van der Waals surface area contributed by atoms with Crippen molar-refractivity contribution in [1.82, 2.24) is 0 Å². The van der Waals surface area contributed by atoms with Gasteiger partial charge in [-0.25, -0.2) is 14.4 Å². The first-order valence-electron chi connectivity index (χ1n) is 9.05. The highest BCUT2D eigenvalue weighted by Gasteiger charge is 2.23. The average molecular weight is 402 g/mol. The van der Waals surface area contributed by atoms with E-state index in [1.807, 2.05) is 0 Å². The summed E-state index contributed by atoms with van der Waals surface area (Å²) >= 11 is 0. The molecule has 30 heavy (non-hydrogen) atoms. The Bertz CT molecular complexity index is 1060. The van der Waals surface area contributed by atoms with E-state index in [2.05, 4.69) is 6.58 Å². The predicted molar refractivity (Wildman–Crippen MR) is 110 cm³/mol. The highest BCUT2D eigenvalue weighted by Crippen LogP contribution is 2.20. The van der Waals surface area contributed by atoms with Crippen molar-refractivity contribution in [2.75, 3.05) is 6.61 Å². The van der Waals surface area contributed by atoms with Crippen LogP contribution in [-0.4, -0.2) is 24.5 Å². The maximum absolute atomic E-state index is 12.8. The number of hydrogen-bond acceptors (Lipinski definition) is 6. The van der Waals surface area contributed by atoms with E-state index in [9.17, 15) is 14.4 Å². The third kappa shape index (κ3) is 5.20. The van der Waals surface area contributed by atoms with Crippen LogP contribution < -0.4 is 9.47 Å². The van der Waals surface area contributed by atoms with E-state index in [4.69, 9.17) is 14.2 Å². The fourth-order valence-electron chi connectivity index (χ4n) is 2.54. The molecule has 0 amide bonds. The normalized spacial score (nSPS) is 10.0. The van der Waals surface area contributed by atoms with E-state index >= 15 is 0 Å². The van der Waals surface area contributed by atoms with Crippen LogP contribution in [0.15, 0.2) is 91.5 Å². The molecule has 3 rings (SSSR count). The summed E-state index contributed by atoms with van der Waals surface area (Å²) in [5, 5.41) is 0. The molecule has 150 valence electrons. The Morgan fingerprint density at radius 1 is 0.700 bits per heavy atom. The van der Waals surface area contributed by atoms with Crippen molar-refractivity contribution in [2.24, 2.45) is 0 Å². The molecule has 0 saturated heterocycles. The van der Waals surface area contributed by atoms with E-state index in [0.29, 0.717) is 11.5 Å². The van der Waals surface area contributed by atoms with Crippen LogP contribution in [0.5, 0.6) is 11.5 Å². The lowest BCUT2D eigenvalue weighted by Crippen LogP contribution is -2.19. The topological polar surface area (TPSA) is 78.9 Å². The van der Waals surface area contributed by atoms with Crippen molar-refractivity contribution in [3.63, 3.8) is 0 Å². The second kappa shape index (κ2) is 9.84. The Hall–Kier alpha value is -4.19. The minimum absolute atomic E-state index is 0.0143. The van der Waals surface area contributed by atoms with Crippen LogP contribution in [0.1, 0.15) is 31.1 Å². The highest BCUT2D eigenvalue weighted by molar-refractivity contribution is 6.06. The minimum atomic E-state index is -0.806. The molecular formula is C24H18O6. The molecule has 0 bridgehead atoms. The van der Waals surface area contributed by atoms with Gasteiger partial charge in [0.2, 0.25) is 0 Å². The number of benzene rings is 3. The smallest absolute Gasteiger partial charge is 0.344 e. The number of ether oxygens (including phenoxy) is 3. The van der Waals surface area contributed by atoms with Gasteiger partial charge >= 0.3 is 17.9 Å². The molecule has 3 aromatic rings. The molecule has 0 saturated carbocycles. The largest absolute Gasteiger partial charge is 0.458 e. The summed E-state index contributed by atoms with van der Waals surface area (Å²) in [6.45, 7) is 3.50. The van der Waals surface area contributed by atoms with Crippen LogP contribution in [0.2, 0.25) is 0 Å². The Morgan fingerprint density at radius 2 is 1.23 bits per heavy atom. The lowest BCUT2D eigenvalue weighted by molar-refractivity contribution is 0.0548. The molecular weight excluding hydrogens is 384 g/mol. The summed E-state index contributed by atoms with van der Waals surface area (Å²) in [4.78, 5) is 37.6. The zero-order chi connectivity index (χ0) is 21.3. The SMILES string of the molecule is C=CCOC(=O)c1ccc(C(=O)Oc2ccccc2)c(C(=O)Oc2ccccc2)c1. The van der Waals surface area contributed by atoms with E-state index in [0.717, 1.165) is 0 Å². The van der Waals surface area contributed by atoms with Gasteiger partial charge in [-0.05, 0) is 42.5 Å². The number of rotatable bonds is 7. The second-order valence-corrected chi connectivity index (χ2v) is 6.05. The molecule has 6 heteroatoms. The number of carbonyl (C=O) groups excluding carboxylic acids is 3. The third-order valence-electron chi connectivity index (χ3n) is 3.93. The van der Waals surface area contributed by atoms with Crippen LogP contribution in [-0.2, 0) is 4.74 Å². The fraction of sp³-hybridized carbons (Fsp3) is 0.0417. The van der Waals surface area contributed by atoms with Gasteiger partial charge in [0.1, 0.15) is 18.1 Å². The highest BCUT2D eigenvalue weighted by atomic mass is 16.5. The molecule has 0 radical (unpaired) electrons. The summed E-state index contributed by atoms with van der Waals surface area (Å²) in [5.41, 5.74) is -0.0685. The Kier molecular flexibility index (Phi) is 6.74. The number of esters is 3. The third-order valence-corrected chi connectivity index (χ3v) is 3.93. The minimum Gasteiger partial charge on any atom is -0.458 e. The average Bonchev–Trinajstić information content (AvgIpc) is 2.78. The lowest BCUT2D eigenvalue weighted by atomic mass is 10.0. The van der Waals surface area contributed by atoms with Crippen molar-refractivity contribution >= 4 is 17.9 Å². The molecule has 0 aliphatic carbocycles. The van der Waals surface area contributed by atoms with Gasteiger partial charge in [0.25, 0.3) is 0 Å². The van der Waals surface area contributed by atoms with Crippen molar-refractivity contribution < 1.29 is 28.6 Å². The quantitative estimate of drug-likeness (QED) is 0.330. The van der Waals surface area contributed by atoms with Crippen molar-refractivity contribution in [3.05, 3.63) is 108 Å². The summed E-state index contributed by atoms with van der Waals surface area (Å²) < 4.78 is 15.7. The number of hydrogen-bond donors (Lipinski definition) is 0. The zero-order valence-corrected chi connectivity index (χ0v) is 15.9. The van der Waals surface area contributed by atoms with Gasteiger partial charge in [0.15, 0.2) is 0 Å². The molecule has 3 aromatic carbocycles. The van der Waals surface area contributed by atoms with E-state index in [-0.39, 0.29) is 23.3 Å². The molecule has 0 N–H and O–H groups in total. The molecule has 6 nitrogen and oxygen atoms in total. The van der Waals surface area contributed by atoms with Crippen LogP contribution >= 0.6 is 0 Å². The van der Waals surface area contributed by atoms with Gasteiger partial charge in [-0.3, -0.25) is 0 Å². The predicted octanol–water partition coefficient (Wildman–Crippen LogP) is 4.47. The number of carbonyl (C=O) groups is 3. The number of para-hydroxylation sites is 2. The van der Waals surface area contributed by atoms with Crippen molar-refractivity contribution in [2.45, 2.75) is 0 Å². The molecule has 0 aliphatic heterocycles. The zero-order valence-electron chi connectivity index (χ0n) is 15.9. The first-order valence-corrected chi connectivity index (χ1v) is 9.05. The van der Waals surface area contributed by atoms with E-state index in [1.165, 1.54) is 24.3 Å². The Labute approximate surface area is 173 Å². The monoisotopic (exact) mass is 402 g/mol. The molecule has 0 aromatic heterocycles. The first kappa shape index (κ1) is 20.5. The molecule has 0 spiro atoms. The molecule has 0 heterocycles. The second-order valence-electron chi connectivity index (χ2n) is 6.05. The summed E-state index contributed by atoms with van der Waals surface area (Å²) in [7, 11) is 0. The Morgan fingerprint density at radius 3 is 1.77 bits per heavy atom. The summed E-state index contributed by atoms with van der Waals surface area (Å²) in [6, 6.07) is 20.8. The van der Waals surface area contributed by atoms with Gasteiger partial charge in [-0.2, -0.15) is 0 Å². The lowest BCUT2D eigenvalue weighted by Gasteiger charge is -2.11. The van der Waals surface area contributed by atoms with Gasteiger partial charge < -0.3 is 14.2 Å². The molecule has 0 fully saturated rings. The van der Waals surface area contributed by atoms with Crippen LogP contribution in [0.4, 0.5) is 0 Å². The molecule has 0 unspecified atom stereocenters.